The predicted octanol–water partition coefficient (Wildman–Crippen LogP) is 3.88. The van der Waals surface area contributed by atoms with Crippen LogP contribution >= 0.6 is 11.6 Å². The van der Waals surface area contributed by atoms with Crippen LogP contribution in [0.5, 0.6) is 0 Å². The van der Waals surface area contributed by atoms with Crippen LogP contribution in [0.2, 0.25) is 5.02 Å². The van der Waals surface area contributed by atoms with Crippen molar-refractivity contribution in [1.82, 2.24) is 15.1 Å². The fraction of sp³-hybridized carbons (Fsp3) is 0.348. The number of carbonyl (C=O) groups is 3. The second kappa shape index (κ2) is 9.63. The number of benzene rings is 2. The molecule has 2 aromatic rings. The molecule has 2 saturated heterocycles. The average molecular weight is 495 g/mol. The lowest BCUT2D eigenvalue weighted by Crippen LogP contribution is -2.70. The number of anilines is 1. The maximum atomic E-state index is 13.3. The smallest absolute Gasteiger partial charge is 0.325 e. The summed E-state index contributed by atoms with van der Waals surface area (Å²) in [6.07, 6.45) is -3.31. The molecule has 2 aliphatic heterocycles. The monoisotopic (exact) mass is 494 g/mol. The van der Waals surface area contributed by atoms with Gasteiger partial charge in [-0.1, -0.05) is 29.8 Å². The van der Waals surface area contributed by atoms with E-state index in [4.69, 9.17) is 11.6 Å². The zero-order valence-electron chi connectivity index (χ0n) is 17.9. The number of nitrogens with zero attached hydrogens (tertiary/aromatic N) is 2. The molecule has 7 nitrogen and oxygen atoms in total. The quantitative estimate of drug-likeness (QED) is 0.661. The van der Waals surface area contributed by atoms with Crippen molar-refractivity contribution in [2.24, 2.45) is 0 Å². The van der Waals surface area contributed by atoms with Crippen molar-refractivity contribution in [3.05, 3.63) is 64.7 Å². The molecule has 0 aliphatic carbocycles. The Hall–Kier alpha value is -3.11. The van der Waals surface area contributed by atoms with E-state index in [0.717, 1.165) is 17.0 Å². The minimum Gasteiger partial charge on any atom is -0.325 e. The predicted molar refractivity (Wildman–Crippen MR) is 119 cm³/mol. The number of carbonyl (C=O) groups excluding carboxylic acids is 3. The summed E-state index contributed by atoms with van der Waals surface area (Å²) in [7, 11) is 0. The summed E-state index contributed by atoms with van der Waals surface area (Å²) >= 11 is 5.91. The number of halogens is 4. The first-order chi connectivity index (χ1) is 16.1. The van der Waals surface area contributed by atoms with Crippen LogP contribution in [0.4, 0.5) is 23.7 Å². The highest BCUT2D eigenvalue weighted by atomic mass is 35.5. The molecular weight excluding hydrogens is 473 g/mol. The molecular formula is C23H22ClF3N4O3. The van der Waals surface area contributed by atoms with Crippen LogP contribution in [0.25, 0.3) is 0 Å². The van der Waals surface area contributed by atoms with E-state index in [-0.39, 0.29) is 18.1 Å². The van der Waals surface area contributed by atoms with Gasteiger partial charge in [-0.25, -0.2) is 4.79 Å². The van der Waals surface area contributed by atoms with Gasteiger partial charge in [-0.15, -0.1) is 0 Å². The van der Waals surface area contributed by atoms with Crippen LogP contribution in [0.1, 0.15) is 24.0 Å². The molecule has 2 aromatic carbocycles. The number of amides is 4. The van der Waals surface area contributed by atoms with E-state index < -0.39 is 42.3 Å². The lowest BCUT2D eigenvalue weighted by atomic mass is 9.93. The van der Waals surface area contributed by atoms with Gasteiger partial charge in [-0.2, -0.15) is 13.2 Å². The summed E-state index contributed by atoms with van der Waals surface area (Å²) in [6, 6.07) is 9.16. The molecule has 4 rings (SSSR count). The van der Waals surface area contributed by atoms with Crippen LogP contribution in [-0.4, -0.2) is 52.8 Å². The minimum atomic E-state index is -4.55. The molecule has 2 N–H and O–H groups in total. The molecule has 2 atom stereocenters. The van der Waals surface area contributed by atoms with Gasteiger partial charge in [0, 0.05) is 10.7 Å². The third-order valence-corrected chi connectivity index (χ3v) is 6.13. The van der Waals surface area contributed by atoms with Gasteiger partial charge in [0.2, 0.25) is 11.8 Å². The zero-order chi connectivity index (χ0) is 24.5. The summed E-state index contributed by atoms with van der Waals surface area (Å²) < 4.78 is 38.9. The van der Waals surface area contributed by atoms with Crippen molar-refractivity contribution in [2.75, 3.05) is 18.4 Å². The number of hydrogen-bond donors (Lipinski definition) is 2. The molecule has 0 saturated carbocycles. The fourth-order valence-electron chi connectivity index (χ4n) is 4.25. The van der Waals surface area contributed by atoms with Crippen LogP contribution in [0.3, 0.4) is 0 Å². The number of imide groups is 1. The van der Waals surface area contributed by atoms with Crippen LogP contribution in [-0.2, 0) is 22.3 Å². The Morgan fingerprint density at radius 2 is 1.88 bits per heavy atom. The molecule has 0 spiro atoms. The van der Waals surface area contributed by atoms with Crippen molar-refractivity contribution in [2.45, 2.75) is 37.6 Å². The Morgan fingerprint density at radius 3 is 2.59 bits per heavy atom. The van der Waals surface area contributed by atoms with Gasteiger partial charge in [0.05, 0.1) is 18.2 Å². The van der Waals surface area contributed by atoms with Gasteiger partial charge < -0.3 is 15.5 Å². The first kappa shape index (κ1) is 24.0. The third kappa shape index (κ3) is 5.18. The van der Waals surface area contributed by atoms with Gasteiger partial charge in [-0.3, -0.25) is 14.5 Å². The number of hydrogen-bond acceptors (Lipinski definition) is 4. The Balaban J connectivity index is 1.53. The standard InChI is InChI=1S/C23H22ClF3N4O3/c24-16-8-6-14(7-9-16)12-31-21(33)20-18(5-2-10-28-20)30(22(31)34)13-19(32)29-17-4-1-3-15(11-17)23(25,26)27/h1,3-4,6-9,11,18,20,28H,2,5,10,12-13H2,(H,29,32). The molecule has 0 radical (unpaired) electrons. The summed E-state index contributed by atoms with van der Waals surface area (Å²) in [5, 5.41) is 6.07. The van der Waals surface area contributed by atoms with E-state index in [9.17, 15) is 27.6 Å². The fourth-order valence-corrected chi connectivity index (χ4v) is 4.38. The van der Waals surface area contributed by atoms with Crippen LogP contribution in [0, 0.1) is 0 Å². The SMILES string of the molecule is O=C(CN1C(=O)N(Cc2ccc(Cl)cc2)C(=O)C2NCCCC21)Nc1cccc(C(F)(F)F)c1. The number of urea groups is 1. The molecule has 4 amide bonds. The molecule has 2 heterocycles. The summed E-state index contributed by atoms with van der Waals surface area (Å²) in [6.45, 7) is 0.202. The molecule has 180 valence electrons. The van der Waals surface area contributed by atoms with E-state index in [0.29, 0.717) is 30.0 Å². The van der Waals surface area contributed by atoms with E-state index in [1.807, 2.05) is 0 Å². The van der Waals surface area contributed by atoms with Crippen molar-refractivity contribution in [1.29, 1.82) is 0 Å². The van der Waals surface area contributed by atoms with Crippen molar-refractivity contribution in [3.8, 4) is 0 Å². The van der Waals surface area contributed by atoms with Gasteiger partial charge >= 0.3 is 12.2 Å². The van der Waals surface area contributed by atoms with Gasteiger partial charge in [-0.05, 0) is 55.3 Å². The van der Waals surface area contributed by atoms with Crippen molar-refractivity contribution >= 4 is 35.1 Å². The number of piperidine rings is 1. The number of nitrogens with one attached hydrogen (secondary N) is 2. The van der Waals surface area contributed by atoms with Crippen molar-refractivity contribution in [3.63, 3.8) is 0 Å². The van der Waals surface area contributed by atoms with E-state index in [1.165, 1.54) is 17.0 Å². The highest BCUT2D eigenvalue weighted by Gasteiger charge is 2.47. The maximum Gasteiger partial charge on any atom is 0.416 e. The third-order valence-electron chi connectivity index (χ3n) is 5.88. The first-order valence-corrected chi connectivity index (χ1v) is 11.1. The Kier molecular flexibility index (Phi) is 6.81. The number of rotatable bonds is 5. The highest BCUT2D eigenvalue weighted by Crippen LogP contribution is 2.31. The lowest BCUT2D eigenvalue weighted by Gasteiger charge is -2.46. The van der Waals surface area contributed by atoms with Crippen LogP contribution < -0.4 is 10.6 Å². The Labute approximate surface area is 198 Å². The highest BCUT2D eigenvalue weighted by molar-refractivity contribution is 6.30. The van der Waals surface area contributed by atoms with Crippen LogP contribution in [0.15, 0.2) is 48.5 Å². The maximum absolute atomic E-state index is 13.3. The zero-order valence-corrected chi connectivity index (χ0v) is 18.7. The molecule has 11 heteroatoms. The molecule has 2 aliphatic rings. The molecule has 0 bridgehead atoms. The van der Waals surface area contributed by atoms with Crippen molar-refractivity contribution < 1.29 is 27.6 Å². The van der Waals surface area contributed by atoms with Gasteiger partial charge in [0.1, 0.15) is 12.6 Å². The Bertz CT molecular complexity index is 1090. The minimum absolute atomic E-state index is 0.00544. The molecule has 34 heavy (non-hydrogen) atoms. The average Bonchev–Trinajstić information content (AvgIpc) is 2.80. The van der Waals surface area contributed by atoms with E-state index in [1.54, 1.807) is 24.3 Å². The second-order valence-electron chi connectivity index (χ2n) is 8.23. The van der Waals surface area contributed by atoms with Gasteiger partial charge in [0.15, 0.2) is 0 Å². The molecule has 2 unspecified atom stereocenters. The summed E-state index contributed by atoms with van der Waals surface area (Å²) in [5.74, 6) is -1.03. The Morgan fingerprint density at radius 1 is 1.15 bits per heavy atom. The van der Waals surface area contributed by atoms with Gasteiger partial charge in [0.25, 0.3) is 0 Å². The number of alkyl halides is 3. The van der Waals surface area contributed by atoms with E-state index >= 15 is 0 Å². The summed E-state index contributed by atoms with van der Waals surface area (Å²) in [4.78, 5) is 41.5. The molecule has 0 aromatic heterocycles. The number of fused-ring (bicyclic) bond motifs is 1. The second-order valence-corrected chi connectivity index (χ2v) is 8.67. The normalized spacial score (nSPS) is 20.8. The van der Waals surface area contributed by atoms with E-state index in [2.05, 4.69) is 10.6 Å². The largest absolute Gasteiger partial charge is 0.416 e. The first-order valence-electron chi connectivity index (χ1n) is 10.7. The lowest BCUT2D eigenvalue weighted by molar-refractivity contribution is -0.138. The topological polar surface area (TPSA) is 81.8 Å². The molecule has 2 fully saturated rings. The summed E-state index contributed by atoms with van der Waals surface area (Å²) in [5.41, 5.74) is -0.235.